The molecular formula is C21H22F3NO3. The molecule has 0 aliphatic rings. The molecule has 0 radical (unpaired) electrons. The zero-order valence-electron chi connectivity index (χ0n) is 15.7. The number of hydrogen-bond donors (Lipinski definition) is 1. The van der Waals surface area contributed by atoms with Crippen molar-refractivity contribution in [1.82, 2.24) is 5.32 Å². The summed E-state index contributed by atoms with van der Waals surface area (Å²) in [6.45, 7) is 2.72. The van der Waals surface area contributed by atoms with Crippen LogP contribution in [0.3, 0.4) is 0 Å². The fraction of sp³-hybridized carbons (Fsp3) is 0.286. The summed E-state index contributed by atoms with van der Waals surface area (Å²) in [7, 11) is 1.54. The number of methoxy groups -OCH3 is 1. The molecule has 0 atom stereocenters. The molecule has 0 aromatic heterocycles. The van der Waals surface area contributed by atoms with E-state index in [-0.39, 0.29) is 5.91 Å². The second-order valence-electron chi connectivity index (χ2n) is 5.91. The molecule has 7 heteroatoms. The van der Waals surface area contributed by atoms with E-state index in [4.69, 9.17) is 9.47 Å². The fourth-order valence-corrected chi connectivity index (χ4v) is 2.48. The molecule has 0 heterocycles. The van der Waals surface area contributed by atoms with E-state index in [1.54, 1.807) is 31.4 Å². The van der Waals surface area contributed by atoms with Crippen LogP contribution in [0, 0.1) is 0 Å². The van der Waals surface area contributed by atoms with E-state index in [1.807, 2.05) is 6.92 Å². The summed E-state index contributed by atoms with van der Waals surface area (Å²) in [5, 5.41) is 2.70. The highest BCUT2D eigenvalue weighted by molar-refractivity contribution is 5.91. The van der Waals surface area contributed by atoms with Gasteiger partial charge in [0.2, 0.25) is 5.91 Å². The number of ether oxygens (including phenoxy) is 2. The van der Waals surface area contributed by atoms with Gasteiger partial charge in [-0.15, -0.1) is 0 Å². The van der Waals surface area contributed by atoms with Crippen LogP contribution in [0.2, 0.25) is 0 Å². The molecule has 0 spiro atoms. The number of carbonyl (C=O) groups is 1. The Balaban J connectivity index is 1.85. The van der Waals surface area contributed by atoms with Crippen LogP contribution in [0.5, 0.6) is 11.5 Å². The van der Waals surface area contributed by atoms with E-state index >= 15 is 0 Å². The molecule has 1 amide bonds. The Morgan fingerprint density at radius 3 is 2.43 bits per heavy atom. The molecule has 2 rings (SSSR count). The largest absolute Gasteiger partial charge is 0.493 e. The maximum atomic E-state index is 12.5. The van der Waals surface area contributed by atoms with Crippen LogP contribution < -0.4 is 14.8 Å². The van der Waals surface area contributed by atoms with Crippen LogP contribution in [-0.4, -0.2) is 26.2 Å². The average molecular weight is 393 g/mol. The molecule has 0 saturated heterocycles. The Morgan fingerprint density at radius 1 is 1.11 bits per heavy atom. The highest BCUT2D eigenvalue weighted by Gasteiger charge is 2.29. The summed E-state index contributed by atoms with van der Waals surface area (Å²) in [6.07, 6.45) is -0.872. The Labute approximate surface area is 162 Å². The number of benzene rings is 2. The lowest BCUT2D eigenvalue weighted by atomic mass is 10.1. The van der Waals surface area contributed by atoms with Gasteiger partial charge in [0, 0.05) is 12.6 Å². The van der Waals surface area contributed by atoms with Crippen molar-refractivity contribution >= 4 is 12.0 Å². The SMILES string of the molecule is CCOc1ccc(C=CC(=O)NCCc2ccc(C(F)(F)F)cc2)cc1OC. The Morgan fingerprint density at radius 2 is 1.82 bits per heavy atom. The predicted octanol–water partition coefficient (Wildman–Crippen LogP) is 4.48. The molecular weight excluding hydrogens is 371 g/mol. The lowest BCUT2D eigenvalue weighted by molar-refractivity contribution is -0.137. The topological polar surface area (TPSA) is 47.6 Å². The Kier molecular flexibility index (Phi) is 7.49. The molecule has 2 aromatic rings. The molecule has 0 aliphatic carbocycles. The predicted molar refractivity (Wildman–Crippen MR) is 101 cm³/mol. The summed E-state index contributed by atoms with van der Waals surface area (Å²) in [5.41, 5.74) is 0.806. The summed E-state index contributed by atoms with van der Waals surface area (Å²) < 4.78 is 48.3. The Bertz CT molecular complexity index is 815. The number of carbonyl (C=O) groups excluding carboxylic acids is 1. The minimum absolute atomic E-state index is 0.292. The van der Waals surface area contributed by atoms with Crippen LogP contribution in [-0.2, 0) is 17.4 Å². The van der Waals surface area contributed by atoms with Crippen molar-refractivity contribution in [3.8, 4) is 11.5 Å². The van der Waals surface area contributed by atoms with Gasteiger partial charge >= 0.3 is 6.18 Å². The van der Waals surface area contributed by atoms with Crippen molar-refractivity contribution in [2.45, 2.75) is 19.5 Å². The lowest BCUT2D eigenvalue weighted by Gasteiger charge is -2.09. The molecule has 150 valence electrons. The minimum atomic E-state index is -4.35. The molecule has 0 bridgehead atoms. The minimum Gasteiger partial charge on any atom is -0.493 e. The van der Waals surface area contributed by atoms with E-state index in [2.05, 4.69) is 5.32 Å². The smallest absolute Gasteiger partial charge is 0.416 e. The third-order valence-electron chi connectivity index (χ3n) is 3.91. The second kappa shape index (κ2) is 9.82. The van der Waals surface area contributed by atoms with Gasteiger partial charge in [0.05, 0.1) is 19.3 Å². The third-order valence-corrected chi connectivity index (χ3v) is 3.91. The second-order valence-corrected chi connectivity index (χ2v) is 5.91. The zero-order valence-corrected chi connectivity index (χ0v) is 15.7. The maximum Gasteiger partial charge on any atom is 0.416 e. The summed E-state index contributed by atoms with van der Waals surface area (Å²) in [4.78, 5) is 11.9. The first-order valence-corrected chi connectivity index (χ1v) is 8.76. The molecule has 28 heavy (non-hydrogen) atoms. The van der Waals surface area contributed by atoms with Crippen molar-refractivity contribution in [2.75, 3.05) is 20.3 Å². The first kappa shape index (κ1) is 21.3. The van der Waals surface area contributed by atoms with Crippen LogP contribution in [0.15, 0.2) is 48.5 Å². The number of hydrogen-bond acceptors (Lipinski definition) is 3. The lowest BCUT2D eigenvalue weighted by Crippen LogP contribution is -2.23. The van der Waals surface area contributed by atoms with Gasteiger partial charge in [-0.3, -0.25) is 4.79 Å². The van der Waals surface area contributed by atoms with Gasteiger partial charge in [-0.1, -0.05) is 18.2 Å². The quantitative estimate of drug-likeness (QED) is 0.673. The summed E-state index contributed by atoms with van der Waals surface area (Å²) in [6, 6.07) is 10.2. The van der Waals surface area contributed by atoms with Gasteiger partial charge in [0.25, 0.3) is 0 Å². The van der Waals surface area contributed by atoms with Crippen molar-refractivity contribution in [2.24, 2.45) is 0 Å². The van der Waals surface area contributed by atoms with E-state index in [0.717, 1.165) is 17.7 Å². The standard InChI is InChI=1S/C21H22F3NO3/c1-3-28-18-10-6-16(14-19(18)27-2)7-11-20(26)25-13-12-15-4-8-17(9-5-15)21(22,23)24/h4-11,14H,3,12-13H2,1-2H3,(H,25,26). The molecule has 0 fully saturated rings. The van der Waals surface area contributed by atoms with E-state index in [1.165, 1.54) is 18.2 Å². The number of amides is 1. The molecule has 2 aromatic carbocycles. The van der Waals surface area contributed by atoms with Gasteiger partial charge in [-0.25, -0.2) is 0 Å². The molecule has 0 unspecified atom stereocenters. The van der Waals surface area contributed by atoms with Gasteiger partial charge in [0.1, 0.15) is 0 Å². The van der Waals surface area contributed by atoms with Crippen molar-refractivity contribution < 1.29 is 27.4 Å². The molecule has 0 saturated carbocycles. The van der Waals surface area contributed by atoms with E-state index in [0.29, 0.717) is 36.6 Å². The Hall–Kier alpha value is -2.96. The summed E-state index contributed by atoms with van der Waals surface area (Å²) in [5.74, 6) is 0.912. The number of nitrogens with one attached hydrogen (secondary N) is 1. The van der Waals surface area contributed by atoms with Gasteiger partial charge in [-0.2, -0.15) is 13.2 Å². The van der Waals surface area contributed by atoms with Gasteiger partial charge < -0.3 is 14.8 Å². The third kappa shape index (κ3) is 6.33. The number of halogens is 3. The molecule has 1 N–H and O–H groups in total. The van der Waals surface area contributed by atoms with E-state index in [9.17, 15) is 18.0 Å². The van der Waals surface area contributed by atoms with Gasteiger partial charge in [-0.05, 0) is 54.8 Å². The maximum absolute atomic E-state index is 12.5. The average Bonchev–Trinajstić information content (AvgIpc) is 2.67. The van der Waals surface area contributed by atoms with E-state index < -0.39 is 11.7 Å². The first-order chi connectivity index (χ1) is 13.3. The first-order valence-electron chi connectivity index (χ1n) is 8.76. The van der Waals surface area contributed by atoms with Gasteiger partial charge in [0.15, 0.2) is 11.5 Å². The highest BCUT2D eigenvalue weighted by atomic mass is 19.4. The van der Waals surface area contributed by atoms with Crippen LogP contribution in [0.1, 0.15) is 23.6 Å². The normalized spacial score (nSPS) is 11.5. The summed E-state index contributed by atoms with van der Waals surface area (Å²) >= 11 is 0. The number of alkyl halides is 3. The molecule has 4 nitrogen and oxygen atoms in total. The van der Waals surface area contributed by atoms with Crippen molar-refractivity contribution in [3.63, 3.8) is 0 Å². The van der Waals surface area contributed by atoms with Crippen molar-refractivity contribution in [3.05, 3.63) is 65.2 Å². The highest BCUT2D eigenvalue weighted by Crippen LogP contribution is 2.29. The number of rotatable bonds is 8. The van der Waals surface area contributed by atoms with Crippen LogP contribution >= 0.6 is 0 Å². The molecule has 0 aliphatic heterocycles. The fourth-order valence-electron chi connectivity index (χ4n) is 2.48. The van der Waals surface area contributed by atoms with Crippen LogP contribution in [0.4, 0.5) is 13.2 Å². The monoisotopic (exact) mass is 393 g/mol. The van der Waals surface area contributed by atoms with Crippen molar-refractivity contribution in [1.29, 1.82) is 0 Å². The van der Waals surface area contributed by atoms with Crippen LogP contribution in [0.25, 0.3) is 6.08 Å². The zero-order chi connectivity index (χ0) is 20.6.